The lowest BCUT2D eigenvalue weighted by Crippen LogP contribution is -2.13. The van der Waals surface area contributed by atoms with Gasteiger partial charge >= 0.3 is 0 Å². The van der Waals surface area contributed by atoms with Crippen LogP contribution in [0.25, 0.3) is 6.08 Å². The number of carbonyl (C=O) groups excluding carboxylic acids is 1. The average Bonchev–Trinajstić information content (AvgIpc) is 2.88. The summed E-state index contributed by atoms with van der Waals surface area (Å²) in [7, 11) is 0. The number of halogens is 1. The molecule has 1 amide bonds. The van der Waals surface area contributed by atoms with Gasteiger partial charge in [0, 0.05) is 14.1 Å². The van der Waals surface area contributed by atoms with E-state index in [1.807, 2.05) is 41.8 Å². The lowest BCUT2D eigenvalue weighted by atomic mass is 10.2. The number of anilines is 1. The maximum absolute atomic E-state index is 12.0. The monoisotopic (exact) mass is 380 g/mol. The molecule has 3 nitrogen and oxygen atoms in total. The number of nitriles is 1. The maximum atomic E-state index is 12.0. The molecule has 5 heteroatoms. The van der Waals surface area contributed by atoms with E-state index in [0.717, 1.165) is 8.45 Å². The third-order valence-electron chi connectivity index (χ3n) is 2.28. The topological polar surface area (TPSA) is 52.9 Å². The summed E-state index contributed by atoms with van der Waals surface area (Å²) in [4.78, 5) is 12.9. The van der Waals surface area contributed by atoms with Gasteiger partial charge in [0.1, 0.15) is 11.6 Å². The first-order valence-electron chi connectivity index (χ1n) is 5.41. The first kappa shape index (κ1) is 13.8. The quantitative estimate of drug-likeness (QED) is 0.499. The molecule has 1 aromatic heterocycles. The largest absolute Gasteiger partial charge is 0.321 e. The van der Waals surface area contributed by atoms with E-state index in [2.05, 4.69) is 27.9 Å². The molecule has 0 bridgehead atoms. The molecule has 0 fully saturated rings. The molecule has 1 N–H and O–H groups in total. The molecule has 0 saturated heterocycles. The molecule has 0 aliphatic carbocycles. The number of hydrogen-bond donors (Lipinski definition) is 1. The number of carbonyl (C=O) groups is 1. The highest BCUT2D eigenvalue weighted by molar-refractivity contribution is 14.1. The zero-order chi connectivity index (χ0) is 13.7. The van der Waals surface area contributed by atoms with Crippen molar-refractivity contribution in [2.24, 2.45) is 0 Å². The van der Waals surface area contributed by atoms with E-state index in [1.54, 1.807) is 12.1 Å². The molecule has 0 aliphatic rings. The van der Waals surface area contributed by atoms with Crippen molar-refractivity contribution in [3.8, 4) is 6.07 Å². The maximum Gasteiger partial charge on any atom is 0.266 e. The molecule has 0 aliphatic heterocycles. The zero-order valence-electron chi connectivity index (χ0n) is 9.76. The van der Waals surface area contributed by atoms with Crippen LogP contribution >= 0.6 is 33.9 Å². The molecule has 94 valence electrons. The standard InChI is InChI=1S/C14H9IN2OS/c15-11-3-1-4-12(8-11)17-14(18)10(9-16)7-13-5-2-6-19-13/h1-8H,(H,17,18)/b10-7+. The van der Waals surface area contributed by atoms with Crippen molar-refractivity contribution in [3.05, 3.63) is 55.8 Å². The van der Waals surface area contributed by atoms with E-state index in [0.29, 0.717) is 5.69 Å². The minimum atomic E-state index is -0.391. The van der Waals surface area contributed by atoms with Crippen molar-refractivity contribution < 1.29 is 4.79 Å². The Balaban J connectivity index is 2.17. The molecule has 2 rings (SSSR count). The van der Waals surface area contributed by atoms with Crippen LogP contribution < -0.4 is 5.32 Å². The average molecular weight is 380 g/mol. The van der Waals surface area contributed by atoms with Crippen LogP contribution in [0.15, 0.2) is 47.4 Å². The van der Waals surface area contributed by atoms with Crippen LogP contribution in [-0.2, 0) is 4.79 Å². The number of benzene rings is 1. The van der Waals surface area contributed by atoms with Crippen LogP contribution in [0.4, 0.5) is 5.69 Å². The summed E-state index contributed by atoms with van der Waals surface area (Å²) in [5.74, 6) is -0.391. The zero-order valence-corrected chi connectivity index (χ0v) is 12.7. The van der Waals surface area contributed by atoms with Gasteiger partial charge in [0.2, 0.25) is 0 Å². The number of rotatable bonds is 3. The van der Waals surface area contributed by atoms with Crippen LogP contribution in [0.5, 0.6) is 0 Å². The minimum absolute atomic E-state index is 0.0984. The number of nitrogens with zero attached hydrogens (tertiary/aromatic N) is 1. The Morgan fingerprint density at radius 3 is 2.84 bits per heavy atom. The van der Waals surface area contributed by atoms with E-state index in [-0.39, 0.29) is 5.57 Å². The molecular weight excluding hydrogens is 371 g/mol. The number of amides is 1. The SMILES string of the molecule is N#C/C(=C\c1cccs1)C(=O)Nc1cccc(I)c1. The van der Waals surface area contributed by atoms with Crippen molar-refractivity contribution in [3.63, 3.8) is 0 Å². The second kappa shape index (κ2) is 6.50. The van der Waals surface area contributed by atoms with Gasteiger partial charge in [-0.2, -0.15) is 5.26 Å². The molecule has 0 atom stereocenters. The van der Waals surface area contributed by atoms with Gasteiger partial charge < -0.3 is 5.32 Å². The van der Waals surface area contributed by atoms with Gasteiger partial charge in [-0.15, -0.1) is 11.3 Å². The molecule has 0 radical (unpaired) electrons. The molecule has 1 heterocycles. The third-order valence-corrected chi connectivity index (χ3v) is 3.77. The fourth-order valence-corrected chi connectivity index (χ4v) is 2.63. The van der Waals surface area contributed by atoms with E-state index >= 15 is 0 Å². The van der Waals surface area contributed by atoms with Crippen molar-refractivity contribution in [2.45, 2.75) is 0 Å². The van der Waals surface area contributed by atoms with Gasteiger partial charge in [-0.1, -0.05) is 12.1 Å². The summed E-state index contributed by atoms with van der Waals surface area (Å²) >= 11 is 3.65. The Hall–Kier alpha value is -1.65. The van der Waals surface area contributed by atoms with Gasteiger partial charge in [0.25, 0.3) is 5.91 Å². The lowest BCUT2D eigenvalue weighted by molar-refractivity contribution is -0.112. The summed E-state index contributed by atoms with van der Waals surface area (Å²) in [5, 5.41) is 13.7. The number of hydrogen-bond acceptors (Lipinski definition) is 3. The van der Waals surface area contributed by atoms with E-state index in [1.165, 1.54) is 11.3 Å². The molecule has 2 aromatic rings. The Kier molecular flexibility index (Phi) is 4.71. The van der Waals surface area contributed by atoms with Crippen LogP contribution in [0.2, 0.25) is 0 Å². The smallest absolute Gasteiger partial charge is 0.266 e. The Morgan fingerprint density at radius 2 is 2.21 bits per heavy atom. The second-order valence-corrected chi connectivity index (χ2v) is 5.87. The summed E-state index contributed by atoms with van der Waals surface area (Å²) in [6, 6.07) is 13.1. The predicted molar refractivity (Wildman–Crippen MR) is 85.7 cm³/mol. The number of nitrogens with one attached hydrogen (secondary N) is 1. The minimum Gasteiger partial charge on any atom is -0.321 e. The van der Waals surface area contributed by atoms with Gasteiger partial charge in [-0.3, -0.25) is 4.79 Å². The van der Waals surface area contributed by atoms with E-state index < -0.39 is 5.91 Å². The van der Waals surface area contributed by atoms with Gasteiger partial charge in [0.15, 0.2) is 0 Å². The third kappa shape index (κ3) is 3.91. The predicted octanol–water partition coefficient (Wildman–Crippen LogP) is 3.90. The van der Waals surface area contributed by atoms with Crippen LogP contribution in [0.3, 0.4) is 0 Å². The summed E-state index contributed by atoms with van der Waals surface area (Å²) in [6.45, 7) is 0. The first-order valence-corrected chi connectivity index (χ1v) is 7.37. The summed E-state index contributed by atoms with van der Waals surface area (Å²) in [6.07, 6.45) is 1.59. The lowest BCUT2D eigenvalue weighted by Gasteiger charge is -2.04. The molecule has 19 heavy (non-hydrogen) atoms. The van der Waals surface area contributed by atoms with Gasteiger partial charge in [0.05, 0.1) is 0 Å². The van der Waals surface area contributed by atoms with Crippen LogP contribution in [-0.4, -0.2) is 5.91 Å². The second-order valence-electron chi connectivity index (χ2n) is 3.65. The van der Waals surface area contributed by atoms with Crippen molar-refractivity contribution in [1.82, 2.24) is 0 Å². The first-order chi connectivity index (χ1) is 9.19. The summed E-state index contributed by atoms with van der Waals surface area (Å²) in [5.41, 5.74) is 0.783. The van der Waals surface area contributed by atoms with Gasteiger partial charge in [-0.25, -0.2) is 0 Å². The van der Waals surface area contributed by atoms with Gasteiger partial charge in [-0.05, 0) is 58.3 Å². The Labute approximate surface area is 128 Å². The van der Waals surface area contributed by atoms with Crippen LogP contribution in [0, 0.1) is 14.9 Å². The molecule has 1 aromatic carbocycles. The Bertz CT molecular complexity index is 656. The normalized spacial score (nSPS) is 10.8. The molecule has 0 unspecified atom stereocenters. The summed E-state index contributed by atoms with van der Waals surface area (Å²) < 4.78 is 1.02. The molecular formula is C14H9IN2OS. The Morgan fingerprint density at radius 1 is 1.37 bits per heavy atom. The molecule has 0 spiro atoms. The van der Waals surface area contributed by atoms with E-state index in [9.17, 15) is 4.79 Å². The van der Waals surface area contributed by atoms with E-state index in [4.69, 9.17) is 5.26 Å². The highest BCUT2D eigenvalue weighted by Crippen LogP contribution is 2.16. The number of thiophene rings is 1. The molecule has 0 saturated carbocycles. The fourth-order valence-electron chi connectivity index (χ4n) is 1.43. The van der Waals surface area contributed by atoms with Crippen molar-refractivity contribution in [2.75, 3.05) is 5.32 Å². The highest BCUT2D eigenvalue weighted by Gasteiger charge is 2.09. The van der Waals surface area contributed by atoms with Crippen molar-refractivity contribution in [1.29, 1.82) is 5.26 Å². The fraction of sp³-hybridized carbons (Fsp3) is 0. The van der Waals surface area contributed by atoms with Crippen molar-refractivity contribution >= 4 is 51.6 Å². The van der Waals surface area contributed by atoms with Crippen LogP contribution in [0.1, 0.15) is 4.88 Å². The highest BCUT2D eigenvalue weighted by atomic mass is 127.